The number of nitrogens with zero attached hydrogens (tertiary/aromatic N) is 2. The van der Waals surface area contributed by atoms with Crippen LogP contribution in [0.5, 0.6) is 11.5 Å². The number of hydrogen-bond acceptors (Lipinski definition) is 6. The van der Waals surface area contributed by atoms with Crippen LogP contribution < -0.4 is 10.1 Å². The molecule has 4 rings (SSSR count). The molecule has 156 valence electrons. The van der Waals surface area contributed by atoms with Crippen LogP contribution in [0.1, 0.15) is 6.92 Å². The minimum absolute atomic E-state index is 0.200. The molecular weight excluding hydrogens is 394 g/mol. The highest BCUT2D eigenvalue weighted by Crippen LogP contribution is 2.35. The number of rotatable bonds is 8. The van der Waals surface area contributed by atoms with E-state index >= 15 is 0 Å². The van der Waals surface area contributed by atoms with Crippen molar-refractivity contribution < 1.29 is 19.1 Å². The van der Waals surface area contributed by atoms with Crippen molar-refractivity contribution in [1.29, 1.82) is 0 Å². The van der Waals surface area contributed by atoms with Gasteiger partial charge in [-0.15, -0.1) is 0 Å². The maximum atomic E-state index is 11.1. The summed E-state index contributed by atoms with van der Waals surface area (Å²) in [5.41, 5.74) is 2.24. The van der Waals surface area contributed by atoms with Gasteiger partial charge in [-0.2, -0.15) is 4.98 Å². The fourth-order valence-electron chi connectivity index (χ4n) is 2.92. The molecule has 0 saturated heterocycles. The number of carboxylic acids is 1. The summed E-state index contributed by atoms with van der Waals surface area (Å²) < 4.78 is 11.8. The van der Waals surface area contributed by atoms with Crippen molar-refractivity contribution in [2.24, 2.45) is 5.92 Å². The Morgan fingerprint density at radius 1 is 1.03 bits per heavy atom. The van der Waals surface area contributed by atoms with E-state index in [1.165, 1.54) is 0 Å². The predicted molar refractivity (Wildman–Crippen MR) is 117 cm³/mol. The second-order valence-electron chi connectivity index (χ2n) is 7.00. The number of aliphatic carboxylic acids is 1. The standard InChI is InChI=1S/C24H21N3O4/c1-16(23(28)29)14-26-24-27-21(22(31-24)18-6-5-13-25-15-18)17-9-11-20(12-10-17)30-19-7-3-2-4-8-19/h2-13,15-16H,14H2,1H3,(H,26,27)(H,28,29). The van der Waals surface area contributed by atoms with E-state index in [4.69, 9.17) is 14.3 Å². The van der Waals surface area contributed by atoms with Crippen LogP contribution in [0, 0.1) is 5.92 Å². The highest BCUT2D eigenvalue weighted by atomic mass is 16.5. The van der Waals surface area contributed by atoms with Crippen LogP contribution in [-0.4, -0.2) is 27.6 Å². The Kier molecular flexibility index (Phi) is 5.93. The number of carbonyl (C=O) groups is 1. The van der Waals surface area contributed by atoms with Crippen molar-refractivity contribution >= 4 is 12.0 Å². The SMILES string of the molecule is CC(CNc1nc(-c2ccc(Oc3ccccc3)cc2)c(-c2cccnc2)o1)C(=O)O. The highest BCUT2D eigenvalue weighted by Gasteiger charge is 2.19. The van der Waals surface area contributed by atoms with Gasteiger partial charge in [0.15, 0.2) is 5.76 Å². The Balaban J connectivity index is 1.62. The van der Waals surface area contributed by atoms with E-state index in [1.807, 2.05) is 66.7 Å². The maximum absolute atomic E-state index is 11.1. The molecule has 0 bridgehead atoms. The lowest BCUT2D eigenvalue weighted by atomic mass is 10.1. The van der Waals surface area contributed by atoms with Gasteiger partial charge < -0.3 is 19.6 Å². The van der Waals surface area contributed by atoms with Crippen LogP contribution in [0.2, 0.25) is 0 Å². The van der Waals surface area contributed by atoms with E-state index in [0.29, 0.717) is 17.2 Å². The van der Waals surface area contributed by atoms with Crippen LogP contribution in [0.3, 0.4) is 0 Å². The molecule has 0 spiro atoms. The zero-order valence-corrected chi connectivity index (χ0v) is 16.9. The number of aromatic nitrogens is 2. The Morgan fingerprint density at radius 2 is 1.77 bits per heavy atom. The number of pyridine rings is 1. The molecule has 0 saturated carbocycles. The number of carboxylic acid groups (broad SMARTS) is 1. The third-order valence-electron chi connectivity index (χ3n) is 4.64. The summed E-state index contributed by atoms with van der Waals surface area (Å²) in [6.45, 7) is 1.82. The molecule has 31 heavy (non-hydrogen) atoms. The van der Waals surface area contributed by atoms with E-state index in [9.17, 15) is 4.79 Å². The molecule has 2 heterocycles. The van der Waals surface area contributed by atoms with E-state index in [1.54, 1.807) is 19.3 Å². The summed E-state index contributed by atoms with van der Waals surface area (Å²) in [5, 5.41) is 12.1. The van der Waals surface area contributed by atoms with E-state index in [-0.39, 0.29) is 12.6 Å². The largest absolute Gasteiger partial charge is 0.481 e. The van der Waals surface area contributed by atoms with Gasteiger partial charge in [0.25, 0.3) is 6.01 Å². The molecule has 2 aromatic carbocycles. The first-order valence-corrected chi connectivity index (χ1v) is 9.81. The fourth-order valence-corrected chi connectivity index (χ4v) is 2.92. The highest BCUT2D eigenvalue weighted by molar-refractivity contribution is 5.78. The molecule has 0 aliphatic carbocycles. The average Bonchev–Trinajstić information content (AvgIpc) is 3.23. The molecule has 0 fully saturated rings. The van der Waals surface area contributed by atoms with Crippen LogP contribution >= 0.6 is 0 Å². The molecule has 0 amide bonds. The van der Waals surface area contributed by atoms with Gasteiger partial charge >= 0.3 is 5.97 Å². The van der Waals surface area contributed by atoms with E-state index < -0.39 is 11.9 Å². The normalized spacial score (nSPS) is 11.6. The summed E-state index contributed by atoms with van der Waals surface area (Å²) in [4.78, 5) is 19.8. The Hall–Kier alpha value is -4.13. The van der Waals surface area contributed by atoms with Crippen LogP contribution in [0.4, 0.5) is 6.01 Å². The number of hydrogen-bond donors (Lipinski definition) is 2. The molecular formula is C24H21N3O4. The predicted octanol–water partition coefficient (Wildman–Crippen LogP) is 5.33. The van der Waals surface area contributed by atoms with Crippen molar-refractivity contribution in [2.45, 2.75) is 6.92 Å². The average molecular weight is 415 g/mol. The van der Waals surface area contributed by atoms with Gasteiger partial charge in [-0.1, -0.05) is 25.1 Å². The number of oxazole rings is 1. The molecule has 0 radical (unpaired) electrons. The van der Waals surface area contributed by atoms with Crippen LogP contribution in [0.25, 0.3) is 22.6 Å². The van der Waals surface area contributed by atoms with Gasteiger partial charge in [-0.25, -0.2) is 0 Å². The number of nitrogens with one attached hydrogen (secondary N) is 1. The third kappa shape index (κ3) is 4.90. The lowest BCUT2D eigenvalue weighted by molar-refractivity contribution is -0.140. The molecule has 1 atom stereocenters. The maximum Gasteiger partial charge on any atom is 0.308 e. The van der Waals surface area contributed by atoms with Crippen molar-refractivity contribution in [3.05, 3.63) is 79.1 Å². The number of ether oxygens (including phenoxy) is 1. The fraction of sp³-hybridized carbons (Fsp3) is 0.125. The summed E-state index contributed by atoms with van der Waals surface area (Å²) in [6.07, 6.45) is 3.38. The first-order valence-electron chi connectivity index (χ1n) is 9.81. The van der Waals surface area contributed by atoms with Gasteiger partial charge in [-0.05, 0) is 48.5 Å². The van der Waals surface area contributed by atoms with Gasteiger partial charge in [0.1, 0.15) is 17.2 Å². The summed E-state index contributed by atoms with van der Waals surface area (Å²) in [7, 11) is 0. The Labute approximate surface area is 179 Å². The monoisotopic (exact) mass is 415 g/mol. The molecule has 4 aromatic rings. The Bertz CT molecular complexity index is 1140. The van der Waals surface area contributed by atoms with Crippen molar-refractivity contribution in [1.82, 2.24) is 9.97 Å². The van der Waals surface area contributed by atoms with Gasteiger partial charge in [0, 0.05) is 30.1 Å². The van der Waals surface area contributed by atoms with E-state index in [0.717, 1.165) is 16.9 Å². The quantitative estimate of drug-likeness (QED) is 0.401. The van der Waals surface area contributed by atoms with Crippen LogP contribution in [0.15, 0.2) is 83.5 Å². The molecule has 7 nitrogen and oxygen atoms in total. The minimum atomic E-state index is -0.888. The summed E-state index contributed by atoms with van der Waals surface area (Å²) >= 11 is 0. The van der Waals surface area contributed by atoms with Crippen LogP contribution in [-0.2, 0) is 4.79 Å². The van der Waals surface area contributed by atoms with Crippen molar-refractivity contribution in [2.75, 3.05) is 11.9 Å². The number of para-hydroxylation sites is 1. The second-order valence-corrected chi connectivity index (χ2v) is 7.00. The molecule has 2 N–H and O–H groups in total. The molecule has 0 aliphatic rings. The molecule has 7 heteroatoms. The lowest BCUT2D eigenvalue weighted by Gasteiger charge is -2.06. The van der Waals surface area contributed by atoms with Crippen molar-refractivity contribution in [3.8, 4) is 34.1 Å². The molecule has 2 aromatic heterocycles. The Morgan fingerprint density at radius 3 is 2.45 bits per heavy atom. The van der Waals surface area contributed by atoms with Gasteiger partial charge in [-0.3, -0.25) is 9.78 Å². The molecule has 0 aliphatic heterocycles. The smallest absolute Gasteiger partial charge is 0.308 e. The number of anilines is 1. The van der Waals surface area contributed by atoms with Gasteiger partial charge in [0.05, 0.1) is 5.92 Å². The van der Waals surface area contributed by atoms with Crippen molar-refractivity contribution in [3.63, 3.8) is 0 Å². The first-order chi connectivity index (χ1) is 15.1. The first kappa shape index (κ1) is 20.2. The second kappa shape index (κ2) is 9.13. The van der Waals surface area contributed by atoms with E-state index in [2.05, 4.69) is 15.3 Å². The minimum Gasteiger partial charge on any atom is -0.481 e. The van der Waals surface area contributed by atoms with Gasteiger partial charge in [0.2, 0.25) is 0 Å². The lowest BCUT2D eigenvalue weighted by Crippen LogP contribution is -2.19. The molecule has 1 unspecified atom stereocenters. The third-order valence-corrected chi connectivity index (χ3v) is 4.64. The topological polar surface area (TPSA) is 97.5 Å². The summed E-state index contributed by atoms with van der Waals surface area (Å²) in [6, 6.07) is 21.0. The summed E-state index contributed by atoms with van der Waals surface area (Å²) in [5.74, 6) is 0.546. The zero-order chi connectivity index (χ0) is 21.6. The zero-order valence-electron chi connectivity index (χ0n) is 16.9. The number of benzene rings is 2.